The topological polar surface area (TPSA) is 33.5 Å². The normalized spacial score (nSPS) is 13.4. The monoisotopic (exact) mass is 890 g/mol. The van der Waals surface area contributed by atoms with Crippen molar-refractivity contribution in [3.05, 3.63) is 151 Å². The van der Waals surface area contributed by atoms with E-state index in [2.05, 4.69) is 193 Å². The third-order valence-electron chi connectivity index (χ3n) is 10.2. The molecule has 54 heavy (non-hydrogen) atoms. The Morgan fingerprint density at radius 2 is 1.28 bits per heavy atom. The molecule has 0 aliphatic carbocycles. The Morgan fingerprint density at radius 3 is 2.00 bits per heavy atom. The molecule has 1 aliphatic heterocycles. The number of nitrogens with zero attached hydrogens (tertiary/aromatic N) is 4. The summed E-state index contributed by atoms with van der Waals surface area (Å²) in [6.45, 7) is 22.3. The van der Waals surface area contributed by atoms with Crippen LogP contribution < -0.4 is 14.5 Å². The van der Waals surface area contributed by atoms with Gasteiger partial charge in [0, 0.05) is 61.3 Å². The number of hydrogen-bond donors (Lipinski definition) is 0. The van der Waals surface area contributed by atoms with E-state index in [0.29, 0.717) is 11.5 Å². The van der Waals surface area contributed by atoms with Gasteiger partial charge in [0.15, 0.2) is 0 Å². The van der Waals surface area contributed by atoms with Gasteiger partial charge in [-0.15, -0.1) is 47.6 Å². The summed E-state index contributed by atoms with van der Waals surface area (Å²) < 4.78 is 9.08. The molecule has 0 atom stereocenters. The zero-order chi connectivity index (χ0) is 37.3. The molecule has 7 aromatic rings. The Morgan fingerprint density at radius 1 is 0.611 bits per heavy atom. The molecule has 3 heterocycles. The number of aromatic nitrogens is 2. The Kier molecular flexibility index (Phi) is 9.55. The van der Waals surface area contributed by atoms with Crippen molar-refractivity contribution in [1.82, 2.24) is 9.55 Å². The molecule has 0 bridgehead atoms. The molecule has 2 aromatic heterocycles. The Bertz CT molecular complexity index is 2490. The second-order valence-corrected chi connectivity index (χ2v) is 17.2. The molecule has 0 unspecified atom stereocenters. The maximum Gasteiger partial charge on any atom is 0.135 e. The molecule has 0 amide bonds. The first-order valence-electron chi connectivity index (χ1n) is 18.5. The third-order valence-corrected chi connectivity index (χ3v) is 10.2. The molecular weight excluding hydrogens is 844 g/mol. The molecule has 0 fully saturated rings. The number of para-hydroxylation sites is 3. The summed E-state index contributed by atoms with van der Waals surface area (Å²) in [7, 11) is 0. The number of ether oxygens (including phenoxy) is 1. The van der Waals surface area contributed by atoms with Crippen molar-refractivity contribution in [2.24, 2.45) is 0 Å². The van der Waals surface area contributed by atoms with Gasteiger partial charge in [-0.05, 0) is 69.8 Å². The second-order valence-electron chi connectivity index (χ2n) is 17.2. The molecule has 0 radical (unpaired) electrons. The van der Waals surface area contributed by atoms with Gasteiger partial charge in [-0.2, -0.15) is 12.1 Å². The van der Waals surface area contributed by atoms with Gasteiger partial charge in [-0.25, -0.2) is 4.98 Å². The molecule has 1 aliphatic rings. The number of benzene rings is 5. The number of fused-ring (bicyclic) bond motifs is 4. The first-order chi connectivity index (χ1) is 25.2. The molecule has 5 aromatic carbocycles. The van der Waals surface area contributed by atoms with Crippen molar-refractivity contribution in [3.8, 4) is 17.3 Å². The maximum atomic E-state index is 6.86. The van der Waals surface area contributed by atoms with Crippen LogP contribution in [0.1, 0.15) is 79.0 Å². The molecule has 5 nitrogen and oxygen atoms in total. The molecule has 6 heteroatoms. The largest absolute Gasteiger partial charge is 0.509 e. The summed E-state index contributed by atoms with van der Waals surface area (Å²) in [5.41, 5.74) is 9.63. The zero-order valence-electron chi connectivity index (χ0n) is 32.6. The number of pyridine rings is 1. The molecular formula is C48H47N4OPt-3. The minimum Gasteiger partial charge on any atom is -0.509 e. The molecule has 0 N–H and O–H groups in total. The van der Waals surface area contributed by atoms with E-state index in [1.807, 2.05) is 18.3 Å². The first-order valence-corrected chi connectivity index (χ1v) is 18.5. The smallest absolute Gasteiger partial charge is 0.135 e. The van der Waals surface area contributed by atoms with Crippen LogP contribution in [0, 0.1) is 18.8 Å². The van der Waals surface area contributed by atoms with Gasteiger partial charge in [0.05, 0.1) is 0 Å². The van der Waals surface area contributed by atoms with Crippen molar-refractivity contribution in [2.45, 2.75) is 78.6 Å². The number of rotatable bonds is 5. The fourth-order valence-electron chi connectivity index (χ4n) is 7.18. The van der Waals surface area contributed by atoms with E-state index in [-0.39, 0.29) is 37.3 Å². The number of hydrogen-bond acceptors (Lipinski definition) is 4. The van der Waals surface area contributed by atoms with Gasteiger partial charge < -0.3 is 19.1 Å². The maximum absolute atomic E-state index is 6.86. The van der Waals surface area contributed by atoms with Crippen LogP contribution in [0.5, 0.6) is 11.5 Å². The van der Waals surface area contributed by atoms with Crippen molar-refractivity contribution >= 4 is 44.6 Å². The summed E-state index contributed by atoms with van der Waals surface area (Å²) in [5, 5.41) is 2.28. The molecule has 8 rings (SSSR count). The van der Waals surface area contributed by atoms with E-state index in [0.717, 1.165) is 55.9 Å². The van der Waals surface area contributed by atoms with Crippen LogP contribution in [0.15, 0.2) is 115 Å². The minimum atomic E-state index is -0.213. The molecule has 278 valence electrons. The minimum absolute atomic E-state index is 0. The van der Waals surface area contributed by atoms with Gasteiger partial charge in [0.2, 0.25) is 0 Å². The first kappa shape index (κ1) is 37.5. The third kappa shape index (κ3) is 6.84. The SMILES string of the molecule is CC(C)(C)c1cccc(N2[CH-]N(c3[c-]c(Oc4[c-]c5c(cc4C(C)(C)C)c4ccccc4n5-c4cc(C(C)(C)C)ccn4)ccc3)c3ccccc32)c1.[Pt]. The van der Waals surface area contributed by atoms with Gasteiger partial charge in [0.25, 0.3) is 0 Å². The number of anilines is 4. The van der Waals surface area contributed by atoms with E-state index in [9.17, 15) is 0 Å². The van der Waals surface area contributed by atoms with Crippen molar-refractivity contribution in [3.63, 3.8) is 0 Å². The van der Waals surface area contributed by atoms with Crippen LogP contribution >= 0.6 is 0 Å². The van der Waals surface area contributed by atoms with E-state index in [1.165, 1.54) is 11.1 Å². The summed E-state index contributed by atoms with van der Waals surface area (Å²) >= 11 is 0. The van der Waals surface area contributed by atoms with Crippen LogP contribution in [-0.2, 0) is 37.3 Å². The standard InChI is InChI=1S/C48H47N4O.Pt/c1-46(2,3)32-16-14-17-34(26-32)50-31-51(42-23-13-12-22-41(42)50)35-18-15-19-36(28-35)53-44-30-43-38(29-39(44)48(7,8)9)37-20-10-11-21-40(37)52(43)45-27-33(24-25-49-45)47(4,5)6;/h10-27,29,31H,1-9H3;/q-3;. The van der Waals surface area contributed by atoms with E-state index < -0.39 is 0 Å². The van der Waals surface area contributed by atoms with Crippen LogP contribution in [0.2, 0.25) is 0 Å². The molecule has 0 spiro atoms. The van der Waals surface area contributed by atoms with E-state index >= 15 is 0 Å². The van der Waals surface area contributed by atoms with Gasteiger partial charge in [-0.1, -0.05) is 116 Å². The van der Waals surface area contributed by atoms with Crippen LogP contribution in [-0.4, -0.2) is 9.55 Å². The summed E-state index contributed by atoms with van der Waals surface area (Å²) in [4.78, 5) is 9.33. The van der Waals surface area contributed by atoms with Crippen LogP contribution in [0.4, 0.5) is 22.7 Å². The summed E-state index contributed by atoms with van der Waals surface area (Å²) in [6.07, 6.45) is 1.91. The summed E-state index contributed by atoms with van der Waals surface area (Å²) in [6, 6.07) is 45.9. The quantitative estimate of drug-likeness (QED) is 0.161. The molecule has 0 saturated carbocycles. The second kappa shape index (κ2) is 13.8. The Balaban J connectivity index is 0.00000450. The fourth-order valence-corrected chi connectivity index (χ4v) is 7.18. The fraction of sp³-hybridized carbons (Fsp3) is 0.250. The Labute approximate surface area is 334 Å². The van der Waals surface area contributed by atoms with Crippen LogP contribution in [0.25, 0.3) is 27.6 Å². The predicted molar refractivity (Wildman–Crippen MR) is 220 cm³/mol. The van der Waals surface area contributed by atoms with Crippen molar-refractivity contribution in [1.29, 1.82) is 0 Å². The predicted octanol–water partition coefficient (Wildman–Crippen LogP) is 12.9. The van der Waals surface area contributed by atoms with Gasteiger partial charge >= 0.3 is 0 Å². The summed E-state index contributed by atoms with van der Waals surface area (Å²) in [5.74, 6) is 2.17. The van der Waals surface area contributed by atoms with Crippen molar-refractivity contribution < 1.29 is 25.8 Å². The average molecular weight is 891 g/mol. The average Bonchev–Trinajstić information content (AvgIpc) is 3.66. The zero-order valence-corrected chi connectivity index (χ0v) is 34.8. The van der Waals surface area contributed by atoms with Crippen molar-refractivity contribution in [2.75, 3.05) is 9.80 Å². The molecule has 0 saturated heterocycles. The van der Waals surface area contributed by atoms with E-state index in [4.69, 9.17) is 9.72 Å². The Hall–Kier alpha value is -4.86. The van der Waals surface area contributed by atoms with Gasteiger partial charge in [0.1, 0.15) is 5.82 Å². The van der Waals surface area contributed by atoms with Crippen LogP contribution in [0.3, 0.4) is 0 Å². The van der Waals surface area contributed by atoms with E-state index in [1.54, 1.807) is 0 Å². The van der Waals surface area contributed by atoms with Gasteiger partial charge in [-0.3, -0.25) is 0 Å².